The Balaban J connectivity index is 2.27. The highest BCUT2D eigenvalue weighted by atomic mass is 19.1. The van der Waals surface area contributed by atoms with Crippen molar-refractivity contribution in [2.24, 2.45) is 0 Å². The zero-order chi connectivity index (χ0) is 15.4. The molecule has 2 rings (SSSR count). The first-order valence-corrected chi connectivity index (χ1v) is 5.75. The van der Waals surface area contributed by atoms with Crippen molar-refractivity contribution in [1.82, 2.24) is 15.0 Å². The maximum absolute atomic E-state index is 13.7. The molecule has 2 N–H and O–H groups in total. The van der Waals surface area contributed by atoms with E-state index < -0.39 is 16.4 Å². The number of nitrogens with two attached hydrogens (primary N) is 1. The van der Waals surface area contributed by atoms with Crippen LogP contribution in [0.5, 0.6) is 17.8 Å². The molecule has 0 amide bonds. The summed E-state index contributed by atoms with van der Waals surface area (Å²) >= 11 is 0. The lowest BCUT2D eigenvalue weighted by Gasteiger charge is -2.07. The van der Waals surface area contributed by atoms with Crippen LogP contribution >= 0.6 is 0 Å². The Morgan fingerprint density at radius 3 is 2.67 bits per heavy atom. The van der Waals surface area contributed by atoms with Gasteiger partial charge in [0.15, 0.2) is 11.6 Å². The van der Waals surface area contributed by atoms with Crippen molar-refractivity contribution in [2.45, 2.75) is 6.92 Å². The van der Waals surface area contributed by atoms with E-state index in [9.17, 15) is 14.5 Å². The summed E-state index contributed by atoms with van der Waals surface area (Å²) in [6.07, 6.45) is 0. The molecular weight excluding hydrogens is 285 g/mol. The Kier molecular flexibility index (Phi) is 4.07. The second-order valence-electron chi connectivity index (χ2n) is 3.67. The molecule has 0 saturated carbocycles. The molecule has 110 valence electrons. The van der Waals surface area contributed by atoms with Gasteiger partial charge in [-0.05, 0) is 13.0 Å². The van der Waals surface area contributed by atoms with E-state index in [-0.39, 0.29) is 23.7 Å². The third-order valence-corrected chi connectivity index (χ3v) is 2.21. The number of nitrogens with zero attached hydrogens (tertiary/aromatic N) is 4. The number of nitro benzene ring substituents is 1. The molecule has 9 nitrogen and oxygen atoms in total. The molecule has 0 atom stereocenters. The molecule has 0 bridgehead atoms. The fourth-order valence-electron chi connectivity index (χ4n) is 1.38. The lowest BCUT2D eigenvalue weighted by atomic mass is 10.3. The molecule has 0 unspecified atom stereocenters. The van der Waals surface area contributed by atoms with Crippen LogP contribution in [-0.2, 0) is 0 Å². The van der Waals surface area contributed by atoms with Crippen LogP contribution in [0.1, 0.15) is 6.92 Å². The molecule has 1 heterocycles. The minimum Gasteiger partial charge on any atom is -0.464 e. The lowest BCUT2D eigenvalue weighted by Crippen LogP contribution is -2.05. The van der Waals surface area contributed by atoms with Crippen molar-refractivity contribution in [3.05, 3.63) is 34.1 Å². The van der Waals surface area contributed by atoms with Crippen molar-refractivity contribution in [3.8, 4) is 17.8 Å². The van der Waals surface area contributed by atoms with Crippen molar-refractivity contribution in [1.29, 1.82) is 0 Å². The predicted octanol–water partition coefficient (Wildman–Crippen LogP) is 1.69. The Hall–Kier alpha value is -3.04. The number of rotatable bonds is 5. The predicted molar refractivity (Wildman–Crippen MR) is 68.5 cm³/mol. The Morgan fingerprint density at radius 2 is 2.05 bits per heavy atom. The van der Waals surface area contributed by atoms with Crippen LogP contribution in [0.25, 0.3) is 0 Å². The van der Waals surface area contributed by atoms with Crippen molar-refractivity contribution in [2.75, 3.05) is 12.3 Å². The Labute approximate surface area is 117 Å². The van der Waals surface area contributed by atoms with E-state index in [4.69, 9.17) is 15.2 Å². The van der Waals surface area contributed by atoms with Gasteiger partial charge in [-0.1, -0.05) is 0 Å². The van der Waals surface area contributed by atoms with Crippen molar-refractivity contribution < 1.29 is 18.8 Å². The van der Waals surface area contributed by atoms with E-state index in [0.717, 1.165) is 18.2 Å². The maximum atomic E-state index is 13.7. The monoisotopic (exact) mass is 295 g/mol. The normalized spacial score (nSPS) is 10.2. The van der Waals surface area contributed by atoms with Gasteiger partial charge < -0.3 is 15.2 Å². The number of ether oxygens (including phenoxy) is 2. The van der Waals surface area contributed by atoms with Crippen molar-refractivity contribution in [3.63, 3.8) is 0 Å². The molecule has 0 spiro atoms. The second kappa shape index (κ2) is 5.94. The number of halogens is 1. The molecule has 1 aromatic heterocycles. The molecular formula is C11H10FN5O4. The molecule has 0 aliphatic rings. The van der Waals surface area contributed by atoms with Gasteiger partial charge in [0.05, 0.1) is 17.6 Å². The topological polar surface area (TPSA) is 126 Å². The first-order chi connectivity index (χ1) is 9.99. The number of nitrogen functional groups attached to an aromatic ring is 1. The summed E-state index contributed by atoms with van der Waals surface area (Å²) < 4.78 is 23.8. The summed E-state index contributed by atoms with van der Waals surface area (Å²) in [6, 6.07) is 2.56. The van der Waals surface area contributed by atoms with Crippen LogP contribution in [0.4, 0.5) is 16.0 Å². The van der Waals surface area contributed by atoms with Crippen LogP contribution in [0.3, 0.4) is 0 Å². The Bertz CT molecular complexity index is 682. The van der Waals surface area contributed by atoms with Gasteiger partial charge in [-0.15, -0.1) is 4.98 Å². The van der Waals surface area contributed by atoms with E-state index in [1.165, 1.54) is 0 Å². The van der Waals surface area contributed by atoms with Gasteiger partial charge in [0.25, 0.3) is 5.69 Å². The quantitative estimate of drug-likeness (QED) is 0.652. The number of hydrogen-bond acceptors (Lipinski definition) is 8. The van der Waals surface area contributed by atoms with Gasteiger partial charge in [-0.3, -0.25) is 10.1 Å². The average Bonchev–Trinajstić information content (AvgIpc) is 2.40. The molecule has 0 saturated heterocycles. The van der Waals surface area contributed by atoms with Gasteiger partial charge in [-0.25, -0.2) is 4.39 Å². The third-order valence-electron chi connectivity index (χ3n) is 2.21. The molecule has 0 radical (unpaired) electrons. The van der Waals surface area contributed by atoms with E-state index in [1.807, 2.05) is 0 Å². The summed E-state index contributed by atoms with van der Waals surface area (Å²) in [5.74, 6) is -1.37. The standard InChI is InChI=1S/C11H10FN5O4/c1-2-20-10-14-9(13)15-11(16-10)21-8-4-3-6(17(18)19)5-7(8)12/h3-5H,2H2,1H3,(H2,13,14,15,16). The van der Waals surface area contributed by atoms with E-state index in [2.05, 4.69) is 15.0 Å². The molecule has 21 heavy (non-hydrogen) atoms. The number of hydrogen-bond donors (Lipinski definition) is 1. The average molecular weight is 295 g/mol. The highest BCUT2D eigenvalue weighted by molar-refractivity contribution is 5.38. The van der Waals surface area contributed by atoms with Crippen LogP contribution in [-0.4, -0.2) is 26.5 Å². The minimum absolute atomic E-state index is 0.0673. The Morgan fingerprint density at radius 1 is 1.33 bits per heavy atom. The summed E-state index contributed by atoms with van der Waals surface area (Å²) in [4.78, 5) is 20.9. The van der Waals surface area contributed by atoms with Gasteiger partial charge in [0.1, 0.15) is 0 Å². The fourth-order valence-corrected chi connectivity index (χ4v) is 1.38. The summed E-state index contributed by atoms with van der Waals surface area (Å²) in [6.45, 7) is 2.02. The van der Waals surface area contributed by atoms with Gasteiger partial charge in [0, 0.05) is 6.07 Å². The van der Waals surface area contributed by atoms with Gasteiger partial charge >= 0.3 is 12.0 Å². The zero-order valence-corrected chi connectivity index (χ0v) is 10.8. The van der Waals surface area contributed by atoms with E-state index in [1.54, 1.807) is 6.92 Å². The summed E-state index contributed by atoms with van der Waals surface area (Å²) in [5, 5.41) is 10.5. The van der Waals surface area contributed by atoms with Crippen LogP contribution < -0.4 is 15.2 Å². The minimum atomic E-state index is -0.929. The second-order valence-corrected chi connectivity index (χ2v) is 3.67. The highest BCUT2D eigenvalue weighted by Gasteiger charge is 2.14. The molecule has 2 aromatic rings. The number of non-ortho nitro benzene ring substituents is 1. The third kappa shape index (κ3) is 3.49. The number of aromatic nitrogens is 3. The largest absolute Gasteiger partial charge is 0.464 e. The first kappa shape index (κ1) is 14.4. The molecule has 0 aliphatic carbocycles. The SMILES string of the molecule is CCOc1nc(N)nc(Oc2ccc([N+](=O)[O-])cc2F)n1. The number of anilines is 1. The molecule has 0 aliphatic heterocycles. The smallest absolute Gasteiger partial charge is 0.330 e. The number of benzene rings is 1. The van der Waals surface area contributed by atoms with Crippen molar-refractivity contribution >= 4 is 11.6 Å². The maximum Gasteiger partial charge on any atom is 0.330 e. The molecule has 0 fully saturated rings. The first-order valence-electron chi connectivity index (χ1n) is 5.75. The fraction of sp³-hybridized carbons (Fsp3) is 0.182. The van der Waals surface area contributed by atoms with Crippen LogP contribution in [0, 0.1) is 15.9 Å². The highest BCUT2D eigenvalue weighted by Crippen LogP contribution is 2.26. The zero-order valence-electron chi connectivity index (χ0n) is 10.8. The lowest BCUT2D eigenvalue weighted by molar-refractivity contribution is -0.385. The van der Waals surface area contributed by atoms with Crippen LogP contribution in [0.2, 0.25) is 0 Å². The van der Waals surface area contributed by atoms with E-state index in [0.29, 0.717) is 6.61 Å². The van der Waals surface area contributed by atoms with Crippen LogP contribution in [0.15, 0.2) is 18.2 Å². The van der Waals surface area contributed by atoms with Gasteiger partial charge in [-0.2, -0.15) is 9.97 Å². The van der Waals surface area contributed by atoms with Gasteiger partial charge in [0.2, 0.25) is 5.95 Å². The molecule has 10 heteroatoms. The van der Waals surface area contributed by atoms with E-state index >= 15 is 0 Å². The molecule has 1 aromatic carbocycles. The number of nitro groups is 1. The summed E-state index contributed by atoms with van der Waals surface area (Å²) in [7, 11) is 0. The summed E-state index contributed by atoms with van der Waals surface area (Å²) in [5.41, 5.74) is 5.04.